The molecule has 8 heteroatoms. The maximum absolute atomic E-state index is 10.2. The van der Waals surface area contributed by atoms with Gasteiger partial charge in [0.05, 0.1) is 12.5 Å². The van der Waals surface area contributed by atoms with E-state index in [1.54, 1.807) is 0 Å². The van der Waals surface area contributed by atoms with Crippen LogP contribution >= 0.6 is 0 Å². The van der Waals surface area contributed by atoms with Crippen molar-refractivity contribution in [2.75, 3.05) is 0 Å². The van der Waals surface area contributed by atoms with Crippen molar-refractivity contribution in [1.82, 2.24) is 0 Å². The standard InChI is InChI=1S/C8H10O4.2C2H4O2/c1-7(9)11-5-3-4-6-12-8(2)10;2*1-2(3)4/h3-6H,1-2H3;2*1H3,(H,3,4). The summed E-state index contributed by atoms with van der Waals surface area (Å²) in [6, 6.07) is 0. The number of aliphatic carboxylic acids is 2. The van der Waals surface area contributed by atoms with Gasteiger partial charge in [-0.3, -0.25) is 19.2 Å². The number of rotatable bonds is 3. The molecule has 0 bridgehead atoms. The Bertz CT molecular complexity index is 324. The fourth-order valence-corrected chi connectivity index (χ4v) is 0.361. The maximum Gasteiger partial charge on any atom is 0.307 e. The lowest BCUT2D eigenvalue weighted by Crippen LogP contribution is -1.89. The average Bonchev–Trinajstić information content (AvgIpc) is 2.20. The minimum absolute atomic E-state index is 0.396. The van der Waals surface area contributed by atoms with Gasteiger partial charge >= 0.3 is 11.9 Å². The molecule has 0 aromatic heterocycles. The Hall–Kier alpha value is -2.64. The van der Waals surface area contributed by atoms with Crippen LogP contribution < -0.4 is 0 Å². The second-order valence-electron chi connectivity index (χ2n) is 2.91. The van der Waals surface area contributed by atoms with Crippen LogP contribution in [0.4, 0.5) is 0 Å². The smallest absolute Gasteiger partial charge is 0.307 e. The Kier molecular flexibility index (Phi) is 18.4. The number of carbonyl (C=O) groups is 4. The molecule has 0 saturated heterocycles. The second-order valence-corrected chi connectivity index (χ2v) is 2.91. The van der Waals surface area contributed by atoms with Crippen molar-refractivity contribution in [3.8, 4) is 0 Å². The van der Waals surface area contributed by atoms with E-state index in [0.717, 1.165) is 13.8 Å². The number of carboxylic acids is 2. The monoisotopic (exact) mass is 290 g/mol. The zero-order chi connectivity index (χ0) is 16.6. The van der Waals surface area contributed by atoms with Gasteiger partial charge in [-0.2, -0.15) is 0 Å². The van der Waals surface area contributed by atoms with Gasteiger partial charge in [-0.05, 0) is 12.2 Å². The first-order valence-electron chi connectivity index (χ1n) is 5.14. The number of allylic oxidation sites excluding steroid dienone is 2. The van der Waals surface area contributed by atoms with E-state index in [4.69, 9.17) is 19.8 Å². The van der Waals surface area contributed by atoms with Gasteiger partial charge in [-0.15, -0.1) is 0 Å². The zero-order valence-electron chi connectivity index (χ0n) is 11.7. The van der Waals surface area contributed by atoms with Crippen LogP contribution in [-0.2, 0) is 28.7 Å². The molecule has 0 fully saturated rings. The number of carbonyl (C=O) groups excluding carboxylic acids is 2. The van der Waals surface area contributed by atoms with Gasteiger partial charge < -0.3 is 19.7 Å². The van der Waals surface area contributed by atoms with E-state index in [9.17, 15) is 9.59 Å². The van der Waals surface area contributed by atoms with Crippen molar-refractivity contribution in [3.05, 3.63) is 24.7 Å². The normalized spacial score (nSPS) is 8.80. The van der Waals surface area contributed by atoms with Gasteiger partial charge in [0.15, 0.2) is 0 Å². The first kappa shape index (κ1) is 22.5. The van der Waals surface area contributed by atoms with E-state index in [-0.39, 0.29) is 0 Å². The van der Waals surface area contributed by atoms with E-state index in [1.165, 1.54) is 38.5 Å². The summed E-state index contributed by atoms with van der Waals surface area (Å²) < 4.78 is 8.88. The highest BCUT2D eigenvalue weighted by atomic mass is 16.5. The van der Waals surface area contributed by atoms with Gasteiger partial charge in [0, 0.05) is 27.7 Å². The highest BCUT2D eigenvalue weighted by molar-refractivity contribution is 5.67. The molecule has 0 aliphatic heterocycles. The lowest BCUT2D eigenvalue weighted by atomic mass is 10.6. The van der Waals surface area contributed by atoms with Gasteiger partial charge in [-0.1, -0.05) is 0 Å². The summed E-state index contributed by atoms with van der Waals surface area (Å²) in [4.78, 5) is 38.4. The largest absolute Gasteiger partial charge is 0.481 e. The topological polar surface area (TPSA) is 127 Å². The SMILES string of the molecule is CC(=O)O.CC(=O)O.CC(=O)OC=CC=COC(C)=O. The third kappa shape index (κ3) is 78.3. The van der Waals surface area contributed by atoms with Crippen molar-refractivity contribution in [2.24, 2.45) is 0 Å². The molecule has 0 aliphatic carbocycles. The summed E-state index contributed by atoms with van der Waals surface area (Å²) in [5.41, 5.74) is 0. The molecular formula is C12H18O8. The number of esters is 2. The van der Waals surface area contributed by atoms with Crippen molar-refractivity contribution in [2.45, 2.75) is 27.7 Å². The molecule has 20 heavy (non-hydrogen) atoms. The molecule has 0 unspecified atom stereocenters. The van der Waals surface area contributed by atoms with Crippen LogP contribution in [0.15, 0.2) is 24.7 Å². The van der Waals surface area contributed by atoms with E-state index < -0.39 is 23.9 Å². The predicted molar refractivity (Wildman–Crippen MR) is 68.4 cm³/mol. The molecule has 0 heterocycles. The molecule has 114 valence electrons. The highest BCUT2D eigenvalue weighted by Crippen LogP contribution is 1.83. The third-order valence-electron chi connectivity index (χ3n) is 0.736. The summed E-state index contributed by atoms with van der Waals surface area (Å²) >= 11 is 0. The Balaban J connectivity index is -0.000000297. The van der Waals surface area contributed by atoms with Gasteiger partial charge in [0.1, 0.15) is 0 Å². The Labute approximate surface area is 116 Å². The minimum Gasteiger partial charge on any atom is -0.481 e. The van der Waals surface area contributed by atoms with E-state index in [2.05, 4.69) is 9.47 Å². The van der Waals surface area contributed by atoms with Crippen molar-refractivity contribution in [3.63, 3.8) is 0 Å². The summed E-state index contributed by atoms with van der Waals surface area (Å²) in [5.74, 6) is -2.46. The summed E-state index contributed by atoms with van der Waals surface area (Å²) in [7, 11) is 0. The number of carboxylic acid groups (broad SMARTS) is 2. The lowest BCUT2D eigenvalue weighted by molar-refractivity contribution is -0.136. The second kappa shape index (κ2) is 16.4. The fourth-order valence-electron chi connectivity index (χ4n) is 0.361. The molecule has 2 N–H and O–H groups in total. The molecule has 8 nitrogen and oxygen atoms in total. The summed E-state index contributed by atoms with van der Waals surface area (Å²) in [6.07, 6.45) is 5.26. The van der Waals surface area contributed by atoms with Crippen molar-refractivity contribution in [1.29, 1.82) is 0 Å². The summed E-state index contributed by atoms with van der Waals surface area (Å²) in [6.45, 7) is 4.75. The average molecular weight is 290 g/mol. The highest BCUT2D eigenvalue weighted by Gasteiger charge is 1.83. The first-order valence-corrected chi connectivity index (χ1v) is 5.14. The number of ether oxygens (including phenoxy) is 2. The van der Waals surface area contributed by atoms with Crippen LogP contribution in [0.3, 0.4) is 0 Å². The molecule has 0 amide bonds. The molecule has 0 saturated carbocycles. The van der Waals surface area contributed by atoms with E-state index in [0.29, 0.717) is 0 Å². The molecular weight excluding hydrogens is 272 g/mol. The first-order chi connectivity index (χ1) is 9.09. The maximum atomic E-state index is 10.2. The van der Waals surface area contributed by atoms with Crippen LogP contribution in [0.2, 0.25) is 0 Å². The molecule has 0 rings (SSSR count). The predicted octanol–water partition coefficient (Wildman–Crippen LogP) is 1.32. The number of hydrogen-bond acceptors (Lipinski definition) is 6. The lowest BCUT2D eigenvalue weighted by Gasteiger charge is -1.88. The fraction of sp³-hybridized carbons (Fsp3) is 0.333. The zero-order valence-corrected chi connectivity index (χ0v) is 11.7. The van der Waals surface area contributed by atoms with Gasteiger partial charge in [0.2, 0.25) is 0 Å². The third-order valence-corrected chi connectivity index (χ3v) is 0.736. The molecule has 0 aliphatic rings. The quantitative estimate of drug-likeness (QED) is 0.452. The van der Waals surface area contributed by atoms with Crippen LogP contribution in [0.1, 0.15) is 27.7 Å². The molecule has 0 spiro atoms. The van der Waals surface area contributed by atoms with Gasteiger partial charge in [-0.25, -0.2) is 0 Å². The molecule has 0 atom stereocenters. The van der Waals surface area contributed by atoms with Gasteiger partial charge in [0.25, 0.3) is 11.9 Å². The molecule has 0 aromatic carbocycles. The summed E-state index contributed by atoms with van der Waals surface area (Å²) in [5, 5.41) is 14.8. The minimum atomic E-state index is -0.833. The van der Waals surface area contributed by atoms with Crippen molar-refractivity contribution >= 4 is 23.9 Å². The van der Waals surface area contributed by atoms with Crippen LogP contribution in [0.5, 0.6) is 0 Å². The Morgan fingerprint density at radius 3 is 1.05 bits per heavy atom. The molecule has 0 aromatic rings. The van der Waals surface area contributed by atoms with E-state index >= 15 is 0 Å². The van der Waals surface area contributed by atoms with Crippen LogP contribution in [0.25, 0.3) is 0 Å². The Morgan fingerprint density at radius 2 is 0.900 bits per heavy atom. The van der Waals surface area contributed by atoms with Crippen LogP contribution in [-0.4, -0.2) is 34.1 Å². The van der Waals surface area contributed by atoms with Crippen LogP contribution in [0, 0.1) is 0 Å². The van der Waals surface area contributed by atoms with E-state index in [1.807, 2.05) is 0 Å². The number of hydrogen-bond donors (Lipinski definition) is 2. The molecule has 0 radical (unpaired) electrons. The Morgan fingerprint density at radius 1 is 0.700 bits per heavy atom. The van der Waals surface area contributed by atoms with Crippen molar-refractivity contribution < 1.29 is 38.9 Å².